The third-order valence-corrected chi connectivity index (χ3v) is 9.29. The molecule has 1 aromatic heterocycles. The van der Waals surface area contributed by atoms with E-state index in [9.17, 15) is 53.7 Å². The lowest BCUT2D eigenvalue weighted by atomic mass is 10.00. The molecule has 0 aromatic carbocycles. The first kappa shape index (κ1) is 36.1. The van der Waals surface area contributed by atoms with E-state index in [1.165, 1.54) is 6.20 Å². The lowest BCUT2D eigenvalue weighted by molar-refractivity contribution is -0.390. The van der Waals surface area contributed by atoms with Crippen LogP contribution in [0.3, 0.4) is 0 Å². The number of ether oxygens (including phenoxy) is 1. The maximum atomic E-state index is 12.1. The number of nitrogens with two attached hydrogens (primary N) is 1. The average Bonchev–Trinajstić information content (AvgIpc) is 3.39. The van der Waals surface area contributed by atoms with Crippen molar-refractivity contribution in [3.8, 4) is 11.8 Å². The molecule has 3 unspecified atom stereocenters. The summed E-state index contributed by atoms with van der Waals surface area (Å²) >= 11 is 0. The normalized spacial score (nSPS) is 24.2. The van der Waals surface area contributed by atoms with Crippen LogP contribution in [0.25, 0.3) is 0 Å². The van der Waals surface area contributed by atoms with Crippen molar-refractivity contribution in [1.82, 2.24) is 10.3 Å². The minimum absolute atomic E-state index is 0.0102. The molecule has 2 heterocycles. The first-order valence-corrected chi connectivity index (χ1v) is 16.2. The number of aliphatic hydroxyl groups is 3. The van der Waals surface area contributed by atoms with Gasteiger partial charge in [0.05, 0.1) is 30.4 Å². The number of phosphoric ester groups is 1. The van der Waals surface area contributed by atoms with Gasteiger partial charge in [-0.05, 0) is 17.8 Å². The molecule has 21 nitrogen and oxygen atoms in total. The summed E-state index contributed by atoms with van der Waals surface area (Å²) < 4.78 is 51.2. The molecule has 1 aliphatic heterocycles. The number of nitrogens with zero attached hydrogens (tertiary/aromatic N) is 1. The van der Waals surface area contributed by atoms with Crippen molar-refractivity contribution in [2.24, 2.45) is 5.73 Å². The van der Waals surface area contributed by atoms with E-state index < -0.39 is 83.8 Å². The summed E-state index contributed by atoms with van der Waals surface area (Å²) in [5, 5.41) is 43.4. The molecule has 1 aliphatic rings. The molecule has 238 valence electrons. The van der Waals surface area contributed by atoms with Gasteiger partial charge in [-0.2, -0.15) is 8.62 Å². The number of hydrogen-bond acceptors (Lipinski definition) is 14. The molecule has 0 aliphatic carbocycles. The Bertz CT molecular complexity index is 1320. The summed E-state index contributed by atoms with van der Waals surface area (Å²) in [5.74, 6) is 4.03. The Labute approximate surface area is 236 Å². The Hall–Kier alpha value is -2.08. The number of carbonyl (C=O) groups is 1. The highest BCUT2D eigenvalue weighted by molar-refractivity contribution is 7.66. The molecular weight excluding hydrogens is 637 g/mol. The van der Waals surface area contributed by atoms with Crippen LogP contribution >= 0.6 is 23.5 Å². The van der Waals surface area contributed by atoms with E-state index in [4.69, 9.17) is 20.3 Å². The zero-order valence-corrected chi connectivity index (χ0v) is 24.0. The van der Waals surface area contributed by atoms with Crippen molar-refractivity contribution >= 4 is 35.2 Å². The van der Waals surface area contributed by atoms with Crippen molar-refractivity contribution in [2.45, 2.75) is 49.8 Å². The quantitative estimate of drug-likeness (QED) is 0.0435. The van der Waals surface area contributed by atoms with Gasteiger partial charge < -0.3 is 60.8 Å². The first-order chi connectivity index (χ1) is 19.4. The van der Waals surface area contributed by atoms with Crippen LogP contribution in [-0.4, -0.2) is 94.8 Å². The van der Waals surface area contributed by atoms with Crippen LogP contribution in [0.5, 0.6) is 0 Å². The highest BCUT2D eigenvalue weighted by Crippen LogP contribution is 2.66. The van der Waals surface area contributed by atoms with Gasteiger partial charge in [0, 0.05) is 13.0 Å². The number of aromatic nitrogens is 1. The molecule has 0 saturated carbocycles. The number of aliphatic hydroxyl groups excluding tert-OH is 3. The van der Waals surface area contributed by atoms with Crippen LogP contribution < -0.4 is 11.1 Å². The fraction of sp³-hybridized carbons (Fsp3) is 0.611. The Morgan fingerprint density at radius 3 is 2.40 bits per heavy atom. The van der Waals surface area contributed by atoms with Crippen molar-refractivity contribution in [2.75, 3.05) is 19.7 Å². The largest absolute Gasteiger partial charge is 0.490 e. The second-order valence-electron chi connectivity index (χ2n) is 8.51. The topological polar surface area (TPSA) is 344 Å². The van der Waals surface area contributed by atoms with Crippen LogP contribution in [0, 0.1) is 22.0 Å². The van der Waals surface area contributed by atoms with Gasteiger partial charge in [0.25, 0.3) is 0 Å². The maximum absolute atomic E-state index is 12.1. The predicted octanol–water partition coefficient (Wildman–Crippen LogP) is -1.61. The number of nitrogens with one attached hydrogen (secondary N) is 2. The van der Waals surface area contributed by atoms with Crippen molar-refractivity contribution in [1.29, 1.82) is 0 Å². The van der Waals surface area contributed by atoms with E-state index in [2.05, 4.69) is 35.3 Å². The number of H-pyrrole nitrogens is 1. The van der Waals surface area contributed by atoms with E-state index in [0.29, 0.717) is 0 Å². The highest BCUT2D eigenvalue weighted by Gasteiger charge is 2.47. The summed E-state index contributed by atoms with van der Waals surface area (Å²) in [6.45, 7) is -1.31. The lowest BCUT2D eigenvalue weighted by Gasteiger charge is -2.20. The van der Waals surface area contributed by atoms with E-state index in [0.717, 1.165) is 0 Å². The van der Waals surface area contributed by atoms with Crippen molar-refractivity contribution in [3.63, 3.8) is 0 Å². The molecule has 0 radical (unpaired) electrons. The average molecular weight is 666 g/mol. The molecule has 11 N–H and O–H groups in total. The van der Waals surface area contributed by atoms with Crippen molar-refractivity contribution in [3.05, 3.63) is 27.4 Å². The molecule has 24 heteroatoms. The Kier molecular flexibility index (Phi) is 13.0. The molecule has 0 spiro atoms. The zero-order chi connectivity index (χ0) is 31.9. The van der Waals surface area contributed by atoms with Gasteiger partial charge >= 0.3 is 29.3 Å². The molecule has 42 heavy (non-hydrogen) atoms. The SMILES string of the molecule is NCC(CCCC(=O)NCC#Cc1c[nH]c([N+](=O)[O-])c1[C@@H]1O[C@H](CO)[C@@H](O)[C@H]1O)OP(=O)(O)OP(=O)(O)OP(=O)(O)O. The number of phosphoric acid groups is 3. The summed E-state index contributed by atoms with van der Waals surface area (Å²) in [4.78, 5) is 61.0. The first-order valence-electron chi connectivity index (χ1n) is 11.7. The number of carbonyl (C=O) groups excluding carboxylic acids is 1. The summed E-state index contributed by atoms with van der Waals surface area (Å²) in [6.07, 6.45) is -6.08. The maximum Gasteiger partial charge on any atom is 0.490 e. The molecule has 1 saturated heterocycles. The molecule has 7 atom stereocenters. The van der Waals surface area contributed by atoms with Crippen LogP contribution in [0.15, 0.2) is 6.20 Å². The monoisotopic (exact) mass is 666 g/mol. The second-order valence-corrected chi connectivity index (χ2v) is 12.9. The summed E-state index contributed by atoms with van der Waals surface area (Å²) in [6, 6.07) is 0. The van der Waals surface area contributed by atoms with Gasteiger partial charge in [-0.3, -0.25) is 9.32 Å². The third-order valence-electron chi connectivity index (χ3n) is 5.40. The molecule has 1 amide bonds. The fourth-order valence-electron chi connectivity index (χ4n) is 3.67. The Morgan fingerprint density at radius 1 is 1.19 bits per heavy atom. The fourth-order valence-corrected chi connectivity index (χ4v) is 6.89. The van der Waals surface area contributed by atoms with Gasteiger partial charge in [-0.1, -0.05) is 11.8 Å². The minimum atomic E-state index is -5.70. The van der Waals surface area contributed by atoms with Gasteiger partial charge in [-0.15, -0.1) is 0 Å². The van der Waals surface area contributed by atoms with E-state index in [-0.39, 0.29) is 36.9 Å². The Balaban J connectivity index is 1.91. The molecule has 1 fully saturated rings. The molecule has 1 aromatic rings. The summed E-state index contributed by atoms with van der Waals surface area (Å²) in [5.41, 5.74) is 5.28. The summed E-state index contributed by atoms with van der Waals surface area (Å²) in [7, 11) is -16.7. The third kappa shape index (κ3) is 10.9. The zero-order valence-electron chi connectivity index (χ0n) is 21.3. The number of nitro groups is 1. The number of rotatable bonds is 15. The lowest BCUT2D eigenvalue weighted by Crippen LogP contribution is -2.32. The molecular formula is C18H29N4O17P3. The standard InChI is InChI=1S/C18H29N4O17P3/c19-7-11(37-41(32,33)39-42(34,35)38-40(29,30)31)4-1-5-13(24)20-6-2-3-10-8-21-18(22(27)28)14(10)17-16(26)15(25)12(9-23)36-17/h8,11-12,15-17,21,23,25-26H,1,4-7,9,19H2,(H,20,24)(H,32,33)(H,34,35)(H2,29,30,31)/t11?,12-,15-,16-,17+/m1/s1. The number of aromatic amines is 1. The highest BCUT2D eigenvalue weighted by atomic mass is 31.3. The van der Waals surface area contributed by atoms with E-state index in [1.54, 1.807) is 0 Å². The van der Waals surface area contributed by atoms with E-state index >= 15 is 0 Å². The minimum Gasteiger partial charge on any atom is -0.394 e. The second kappa shape index (κ2) is 15.1. The number of amides is 1. The van der Waals surface area contributed by atoms with Crippen LogP contribution in [0.2, 0.25) is 0 Å². The van der Waals surface area contributed by atoms with Crippen LogP contribution in [-0.2, 0) is 36.4 Å². The van der Waals surface area contributed by atoms with Gasteiger partial charge in [0.1, 0.15) is 30.6 Å². The number of hydrogen-bond donors (Lipinski definition) is 10. The van der Waals surface area contributed by atoms with Gasteiger partial charge in [0.2, 0.25) is 5.91 Å². The Morgan fingerprint density at radius 2 is 1.86 bits per heavy atom. The van der Waals surface area contributed by atoms with Gasteiger partial charge in [0.15, 0.2) is 0 Å². The van der Waals surface area contributed by atoms with Crippen LogP contribution in [0.4, 0.5) is 5.82 Å². The van der Waals surface area contributed by atoms with Crippen molar-refractivity contribution < 1.29 is 76.2 Å². The molecule has 0 bridgehead atoms. The molecule has 2 rings (SSSR count). The van der Waals surface area contributed by atoms with Gasteiger partial charge in [-0.25, -0.2) is 18.7 Å². The van der Waals surface area contributed by atoms with E-state index in [1.807, 2.05) is 0 Å². The van der Waals surface area contributed by atoms with Crippen LogP contribution in [0.1, 0.15) is 36.5 Å². The predicted molar refractivity (Wildman–Crippen MR) is 136 cm³/mol. The smallest absolute Gasteiger partial charge is 0.394 e.